The van der Waals surface area contributed by atoms with Crippen LogP contribution in [0.25, 0.3) is 33.0 Å². The number of nitrogens with one attached hydrogen (secondary N) is 1. The van der Waals surface area contributed by atoms with E-state index in [0.29, 0.717) is 6.54 Å². The van der Waals surface area contributed by atoms with Gasteiger partial charge in [0.15, 0.2) is 0 Å². The number of pyridine rings is 1. The van der Waals surface area contributed by atoms with E-state index in [1.54, 1.807) is 18.0 Å². The van der Waals surface area contributed by atoms with E-state index in [2.05, 4.69) is 60.5 Å². The second-order valence-corrected chi connectivity index (χ2v) is 11.0. The minimum Gasteiger partial charge on any atom is -0.459 e. The normalized spacial score (nSPS) is 13.6. The van der Waals surface area contributed by atoms with Crippen molar-refractivity contribution in [3.05, 3.63) is 89.8 Å². The van der Waals surface area contributed by atoms with Crippen LogP contribution in [0.15, 0.2) is 82.2 Å². The van der Waals surface area contributed by atoms with Crippen molar-refractivity contribution in [2.24, 2.45) is 0 Å². The molecule has 0 spiro atoms. The number of rotatable bonds is 6. The highest BCUT2D eigenvalue weighted by molar-refractivity contribution is 7.98. The van der Waals surface area contributed by atoms with Crippen LogP contribution in [0.1, 0.15) is 36.1 Å². The number of nitrogens with zero attached hydrogens (tertiary/aromatic N) is 2. The second-order valence-electron chi connectivity index (χ2n) is 10.1. The Morgan fingerprint density at radius 2 is 1.82 bits per heavy atom. The summed E-state index contributed by atoms with van der Waals surface area (Å²) in [5.41, 5.74) is 7.10. The lowest BCUT2D eigenvalue weighted by Crippen LogP contribution is -2.45. The number of anilines is 1. The van der Waals surface area contributed by atoms with Crippen molar-refractivity contribution in [3.63, 3.8) is 0 Å². The maximum Gasteiger partial charge on any atom is 0.322 e. The zero-order chi connectivity index (χ0) is 26.2. The van der Waals surface area contributed by atoms with Crippen LogP contribution in [0.2, 0.25) is 0 Å². The largest absolute Gasteiger partial charge is 0.459 e. The molecule has 0 unspecified atom stereocenters. The van der Waals surface area contributed by atoms with Crippen molar-refractivity contribution >= 4 is 45.4 Å². The fourth-order valence-electron chi connectivity index (χ4n) is 5.24. The first kappa shape index (κ1) is 24.6. The third-order valence-electron chi connectivity index (χ3n) is 7.55. The summed E-state index contributed by atoms with van der Waals surface area (Å²) < 4.78 is 6.47. The smallest absolute Gasteiger partial charge is 0.322 e. The molecule has 2 heterocycles. The first-order valence-electron chi connectivity index (χ1n) is 13.1. The average Bonchev–Trinajstić information content (AvgIpc) is 3.25. The van der Waals surface area contributed by atoms with Crippen molar-refractivity contribution in [3.8, 4) is 11.1 Å². The number of furan rings is 1. The molecule has 2 amide bonds. The molecule has 0 aliphatic heterocycles. The third-order valence-corrected chi connectivity index (χ3v) is 8.33. The Morgan fingerprint density at radius 1 is 1.03 bits per heavy atom. The van der Waals surface area contributed by atoms with Gasteiger partial charge < -0.3 is 14.6 Å². The van der Waals surface area contributed by atoms with Gasteiger partial charge in [-0.05, 0) is 81.3 Å². The Balaban J connectivity index is 1.40. The molecule has 1 N–H and O–H groups in total. The molecule has 6 rings (SSSR count). The number of carbonyl (C=O) groups is 1. The van der Waals surface area contributed by atoms with Crippen LogP contribution in [-0.2, 0) is 6.54 Å². The van der Waals surface area contributed by atoms with Crippen molar-refractivity contribution < 1.29 is 9.21 Å². The molecular formula is C32H31N3O2S. The van der Waals surface area contributed by atoms with Gasteiger partial charge in [-0.15, -0.1) is 11.8 Å². The fourth-order valence-corrected chi connectivity index (χ4v) is 5.81. The highest BCUT2D eigenvalue weighted by Crippen LogP contribution is 2.39. The summed E-state index contributed by atoms with van der Waals surface area (Å²) in [4.78, 5) is 21.4. The topological polar surface area (TPSA) is 58.4 Å². The van der Waals surface area contributed by atoms with Crippen molar-refractivity contribution in [2.45, 2.75) is 50.6 Å². The Hall–Kier alpha value is -3.77. The minimum atomic E-state index is -0.104. The predicted molar refractivity (Wildman–Crippen MR) is 157 cm³/mol. The van der Waals surface area contributed by atoms with Crippen LogP contribution in [0.3, 0.4) is 0 Å². The molecule has 5 nitrogen and oxygen atoms in total. The third kappa shape index (κ3) is 4.54. The van der Waals surface area contributed by atoms with Crippen LogP contribution in [0.4, 0.5) is 10.5 Å². The zero-order valence-electron chi connectivity index (χ0n) is 22.0. The van der Waals surface area contributed by atoms with Gasteiger partial charge in [-0.1, -0.05) is 41.5 Å². The number of thioether (sulfide) groups is 1. The van der Waals surface area contributed by atoms with Crippen LogP contribution in [-0.4, -0.2) is 28.2 Å². The summed E-state index contributed by atoms with van der Waals surface area (Å²) in [5, 5.41) is 5.30. The summed E-state index contributed by atoms with van der Waals surface area (Å²) in [5.74, 6) is 0.821. The van der Waals surface area contributed by atoms with Gasteiger partial charge >= 0.3 is 6.03 Å². The van der Waals surface area contributed by atoms with Gasteiger partial charge in [0.05, 0.1) is 17.7 Å². The van der Waals surface area contributed by atoms with E-state index in [0.717, 1.165) is 68.6 Å². The fraction of sp³-hybridized carbons (Fsp3) is 0.250. The van der Waals surface area contributed by atoms with Crippen LogP contribution in [0.5, 0.6) is 0 Å². The molecule has 6 heteroatoms. The molecule has 1 aliphatic carbocycles. The highest BCUT2D eigenvalue weighted by atomic mass is 32.2. The van der Waals surface area contributed by atoms with E-state index >= 15 is 0 Å². The summed E-state index contributed by atoms with van der Waals surface area (Å²) >= 11 is 1.62. The number of aromatic nitrogens is 1. The molecule has 1 fully saturated rings. The predicted octanol–water partition coefficient (Wildman–Crippen LogP) is 8.57. The molecular weight excluding hydrogens is 490 g/mol. The van der Waals surface area contributed by atoms with E-state index in [4.69, 9.17) is 4.42 Å². The summed E-state index contributed by atoms with van der Waals surface area (Å²) in [6.45, 7) is 4.60. The molecule has 1 saturated carbocycles. The minimum absolute atomic E-state index is 0.104. The first-order chi connectivity index (χ1) is 18.5. The van der Waals surface area contributed by atoms with E-state index in [1.807, 2.05) is 41.5 Å². The molecule has 2 aromatic heterocycles. The maximum atomic E-state index is 14.0. The second kappa shape index (κ2) is 10.2. The van der Waals surface area contributed by atoms with E-state index in [1.165, 1.54) is 11.1 Å². The van der Waals surface area contributed by atoms with Crippen LogP contribution >= 0.6 is 11.8 Å². The average molecular weight is 522 g/mol. The van der Waals surface area contributed by atoms with Crippen molar-refractivity contribution in [1.29, 1.82) is 0 Å². The Bertz CT molecular complexity index is 1640. The number of hydrogen-bond donors (Lipinski definition) is 1. The summed E-state index contributed by atoms with van der Waals surface area (Å²) in [6, 6.07) is 22.9. The van der Waals surface area contributed by atoms with Gasteiger partial charge in [0.25, 0.3) is 0 Å². The molecule has 0 atom stereocenters. The molecule has 5 aromatic rings. The molecule has 192 valence electrons. The first-order valence-corrected chi connectivity index (χ1v) is 14.3. The standard InChI is InChI=1S/C32H31N3O2S/c1-20-9-12-22(13-10-20)30-25-18-21(2)11-15-27(25)37-28(30)19-35(23-6-4-7-23)32(36)34-31-24-8-5-17-33-26(24)14-16-29(31)38-3/h5,8-18,23H,4,6-7,19H2,1-3H3,(H,34,36). The monoisotopic (exact) mass is 521 g/mol. The van der Waals surface area contributed by atoms with E-state index in [-0.39, 0.29) is 12.1 Å². The van der Waals surface area contributed by atoms with Gasteiger partial charge in [-0.2, -0.15) is 0 Å². The van der Waals surface area contributed by atoms with E-state index < -0.39 is 0 Å². The highest BCUT2D eigenvalue weighted by Gasteiger charge is 2.32. The van der Waals surface area contributed by atoms with Gasteiger partial charge in [-0.25, -0.2) is 4.79 Å². The Kier molecular flexibility index (Phi) is 6.58. The zero-order valence-corrected chi connectivity index (χ0v) is 22.8. The van der Waals surface area contributed by atoms with Gasteiger partial charge in [-0.3, -0.25) is 4.98 Å². The molecule has 1 aliphatic rings. The number of carbonyl (C=O) groups excluding carboxylic acids is 1. The molecule has 0 radical (unpaired) electrons. The quantitative estimate of drug-likeness (QED) is 0.227. The van der Waals surface area contributed by atoms with Gasteiger partial charge in [0.2, 0.25) is 0 Å². The number of hydrogen-bond acceptors (Lipinski definition) is 4. The Labute approximate surface area is 227 Å². The molecule has 0 saturated heterocycles. The number of urea groups is 1. The van der Waals surface area contributed by atoms with Gasteiger partial charge in [0.1, 0.15) is 11.3 Å². The molecule has 3 aromatic carbocycles. The lowest BCUT2D eigenvalue weighted by Gasteiger charge is -2.37. The van der Waals surface area contributed by atoms with E-state index in [9.17, 15) is 4.79 Å². The molecule has 38 heavy (non-hydrogen) atoms. The number of amides is 2. The SMILES string of the molecule is CSc1ccc2ncccc2c1NC(=O)N(Cc1oc2ccc(C)cc2c1-c1ccc(C)cc1)C1CCC1. The van der Waals surface area contributed by atoms with Crippen molar-refractivity contribution in [1.82, 2.24) is 9.88 Å². The van der Waals surface area contributed by atoms with Crippen LogP contribution < -0.4 is 5.32 Å². The van der Waals surface area contributed by atoms with Gasteiger partial charge in [0, 0.05) is 33.5 Å². The number of benzene rings is 3. The number of aryl methyl sites for hydroxylation is 2. The molecule has 0 bridgehead atoms. The summed E-state index contributed by atoms with van der Waals surface area (Å²) in [6.07, 6.45) is 6.94. The summed E-state index contributed by atoms with van der Waals surface area (Å²) in [7, 11) is 0. The lowest BCUT2D eigenvalue weighted by atomic mass is 9.91. The number of fused-ring (bicyclic) bond motifs is 2. The Morgan fingerprint density at radius 3 is 2.55 bits per heavy atom. The van der Waals surface area contributed by atoms with Crippen molar-refractivity contribution in [2.75, 3.05) is 11.6 Å². The maximum absolute atomic E-state index is 14.0. The van der Waals surface area contributed by atoms with Crippen LogP contribution in [0, 0.1) is 13.8 Å². The lowest BCUT2D eigenvalue weighted by molar-refractivity contribution is 0.138.